The molecule has 3 aromatic rings. The van der Waals surface area contributed by atoms with Gasteiger partial charge in [-0.1, -0.05) is 41.1 Å². The van der Waals surface area contributed by atoms with Gasteiger partial charge in [-0.05, 0) is 35.9 Å². The van der Waals surface area contributed by atoms with E-state index < -0.39 is 0 Å². The van der Waals surface area contributed by atoms with Crippen LogP contribution in [-0.2, 0) is 22.7 Å². The summed E-state index contributed by atoms with van der Waals surface area (Å²) in [6, 6.07) is 14.7. The van der Waals surface area contributed by atoms with E-state index in [1.54, 1.807) is 24.3 Å². The molecule has 31 heavy (non-hydrogen) atoms. The van der Waals surface area contributed by atoms with Crippen LogP contribution >= 0.6 is 22.9 Å². The zero-order valence-electron chi connectivity index (χ0n) is 17.1. The molecular weight excluding hydrogens is 438 g/mol. The summed E-state index contributed by atoms with van der Waals surface area (Å²) in [5, 5.41) is 14.5. The number of benzene rings is 2. The van der Waals surface area contributed by atoms with Crippen LogP contribution < -0.4 is 15.5 Å². The van der Waals surface area contributed by atoms with Gasteiger partial charge in [0.2, 0.25) is 10.9 Å². The van der Waals surface area contributed by atoms with Crippen LogP contribution in [0.1, 0.15) is 20.4 Å². The number of amides is 2. The van der Waals surface area contributed by atoms with Crippen LogP contribution in [0.15, 0.2) is 48.5 Å². The van der Waals surface area contributed by atoms with Crippen molar-refractivity contribution >= 4 is 46.1 Å². The first-order valence-corrected chi connectivity index (χ1v) is 10.6. The number of rotatable bonds is 9. The number of nitrogens with zero attached hydrogens (tertiary/aromatic N) is 3. The average molecular weight is 460 g/mol. The normalized spacial score (nSPS) is 10.5. The largest absolute Gasteiger partial charge is 0.378 e. The smallest absolute Gasteiger partial charge is 0.286 e. The summed E-state index contributed by atoms with van der Waals surface area (Å²) < 4.78 is 5.39. The van der Waals surface area contributed by atoms with Crippen LogP contribution in [0.2, 0.25) is 5.02 Å². The summed E-state index contributed by atoms with van der Waals surface area (Å²) in [4.78, 5) is 26.2. The molecule has 2 N–H and O–H groups in total. The van der Waals surface area contributed by atoms with E-state index in [0.717, 1.165) is 22.6 Å². The second-order valence-corrected chi connectivity index (χ2v) is 8.29. The lowest BCUT2D eigenvalue weighted by atomic mass is 10.2. The first-order chi connectivity index (χ1) is 14.9. The molecule has 0 fully saturated rings. The lowest BCUT2D eigenvalue weighted by Gasteiger charge is -2.12. The lowest BCUT2D eigenvalue weighted by molar-refractivity contribution is -0.126. The van der Waals surface area contributed by atoms with E-state index in [1.165, 1.54) is 0 Å². The van der Waals surface area contributed by atoms with Gasteiger partial charge in [0.15, 0.2) is 0 Å². The third-order valence-electron chi connectivity index (χ3n) is 4.14. The summed E-state index contributed by atoms with van der Waals surface area (Å²) >= 11 is 7.01. The molecule has 10 heteroatoms. The van der Waals surface area contributed by atoms with Gasteiger partial charge in [0.1, 0.15) is 18.2 Å². The molecule has 0 saturated heterocycles. The van der Waals surface area contributed by atoms with E-state index >= 15 is 0 Å². The van der Waals surface area contributed by atoms with Gasteiger partial charge >= 0.3 is 0 Å². The molecule has 0 unspecified atom stereocenters. The molecule has 8 nitrogen and oxygen atoms in total. The average Bonchev–Trinajstić information content (AvgIpc) is 3.22. The highest BCUT2D eigenvalue weighted by Gasteiger charge is 2.14. The van der Waals surface area contributed by atoms with Crippen molar-refractivity contribution in [2.24, 2.45) is 0 Å². The van der Waals surface area contributed by atoms with Crippen molar-refractivity contribution in [2.75, 3.05) is 30.9 Å². The van der Waals surface area contributed by atoms with E-state index in [2.05, 4.69) is 20.8 Å². The summed E-state index contributed by atoms with van der Waals surface area (Å²) in [6.45, 7) is 0.398. The molecule has 0 saturated carbocycles. The van der Waals surface area contributed by atoms with Gasteiger partial charge in [0, 0.05) is 37.0 Å². The molecule has 0 bridgehead atoms. The monoisotopic (exact) mass is 459 g/mol. The molecule has 2 aromatic carbocycles. The predicted molar refractivity (Wildman–Crippen MR) is 122 cm³/mol. The number of halogens is 1. The maximum atomic E-state index is 12.2. The lowest BCUT2D eigenvalue weighted by Crippen LogP contribution is -2.27. The number of ether oxygens (including phenoxy) is 1. The minimum absolute atomic E-state index is 0.0903. The van der Waals surface area contributed by atoms with Crippen molar-refractivity contribution in [2.45, 2.75) is 13.2 Å². The second-order valence-electron chi connectivity index (χ2n) is 6.80. The third-order valence-corrected chi connectivity index (χ3v) is 5.28. The number of hydrogen-bond acceptors (Lipinski definition) is 7. The Bertz CT molecular complexity index is 1040. The van der Waals surface area contributed by atoms with Crippen molar-refractivity contribution in [1.29, 1.82) is 0 Å². The summed E-state index contributed by atoms with van der Waals surface area (Å²) in [5.74, 6) is -0.621. The Morgan fingerprint density at radius 2 is 1.90 bits per heavy atom. The van der Waals surface area contributed by atoms with Crippen molar-refractivity contribution < 1.29 is 14.3 Å². The Hall–Kier alpha value is -3.01. The van der Waals surface area contributed by atoms with Crippen LogP contribution in [0.4, 0.5) is 11.4 Å². The van der Waals surface area contributed by atoms with Crippen LogP contribution in [0, 0.1) is 0 Å². The fraction of sp³-hybridized carbons (Fsp3) is 0.238. The second kappa shape index (κ2) is 10.9. The van der Waals surface area contributed by atoms with Crippen LogP contribution in [-0.4, -0.2) is 42.7 Å². The van der Waals surface area contributed by atoms with Crippen LogP contribution in [0.25, 0.3) is 0 Å². The molecule has 0 aliphatic rings. The molecule has 162 valence electrons. The standard InChI is InChI=1S/C21H22ClN5O3S/c1-27(2)17-8-6-14(7-9-17)11-23-18(28)12-30-13-19-25-26-21(31-19)20(29)24-16-5-3-4-15(22)10-16/h3-10H,11-13H2,1-2H3,(H,23,28)(H,24,29). The number of anilines is 2. The van der Waals surface area contributed by atoms with E-state index in [4.69, 9.17) is 16.3 Å². The molecule has 2 amide bonds. The van der Waals surface area contributed by atoms with Gasteiger partial charge in [0.05, 0.1) is 0 Å². The number of nitrogens with one attached hydrogen (secondary N) is 2. The van der Waals surface area contributed by atoms with Gasteiger partial charge in [0.25, 0.3) is 5.91 Å². The highest BCUT2D eigenvalue weighted by Crippen LogP contribution is 2.17. The zero-order valence-corrected chi connectivity index (χ0v) is 18.7. The Morgan fingerprint density at radius 1 is 1.13 bits per heavy atom. The van der Waals surface area contributed by atoms with Gasteiger partial charge < -0.3 is 20.3 Å². The Kier molecular flexibility index (Phi) is 7.94. The first kappa shape index (κ1) is 22.7. The van der Waals surface area contributed by atoms with Gasteiger partial charge in [-0.15, -0.1) is 10.2 Å². The number of carbonyl (C=O) groups is 2. The zero-order chi connectivity index (χ0) is 22.2. The van der Waals surface area contributed by atoms with Crippen molar-refractivity contribution in [3.05, 3.63) is 69.1 Å². The number of aromatic nitrogens is 2. The molecule has 0 spiro atoms. The molecule has 0 aliphatic carbocycles. The Labute approximate surface area is 189 Å². The Morgan fingerprint density at radius 3 is 2.61 bits per heavy atom. The predicted octanol–water partition coefficient (Wildman–Crippen LogP) is 3.34. The third kappa shape index (κ3) is 7.02. The topological polar surface area (TPSA) is 96.5 Å². The highest BCUT2D eigenvalue weighted by molar-refractivity contribution is 7.13. The minimum atomic E-state index is -0.385. The summed E-state index contributed by atoms with van der Waals surface area (Å²) in [7, 11) is 3.95. The quantitative estimate of drug-likeness (QED) is 0.509. The number of carbonyl (C=O) groups excluding carboxylic acids is 2. The maximum Gasteiger partial charge on any atom is 0.286 e. The first-order valence-electron chi connectivity index (χ1n) is 9.41. The van der Waals surface area contributed by atoms with Gasteiger partial charge in [-0.2, -0.15) is 0 Å². The van der Waals surface area contributed by atoms with E-state index in [1.807, 2.05) is 43.3 Å². The van der Waals surface area contributed by atoms with E-state index in [-0.39, 0.29) is 30.0 Å². The summed E-state index contributed by atoms with van der Waals surface area (Å²) in [6.07, 6.45) is 0. The minimum Gasteiger partial charge on any atom is -0.378 e. The molecule has 0 radical (unpaired) electrons. The van der Waals surface area contributed by atoms with E-state index in [0.29, 0.717) is 22.3 Å². The molecule has 1 aromatic heterocycles. The van der Waals surface area contributed by atoms with Gasteiger partial charge in [-0.25, -0.2) is 0 Å². The molecule has 1 heterocycles. The van der Waals surface area contributed by atoms with Crippen LogP contribution in [0.5, 0.6) is 0 Å². The Balaban J connectivity index is 1.40. The highest BCUT2D eigenvalue weighted by atomic mass is 35.5. The van der Waals surface area contributed by atoms with Gasteiger partial charge in [-0.3, -0.25) is 9.59 Å². The van der Waals surface area contributed by atoms with Crippen molar-refractivity contribution in [3.8, 4) is 0 Å². The SMILES string of the molecule is CN(C)c1ccc(CNC(=O)COCc2nnc(C(=O)Nc3cccc(Cl)c3)s2)cc1. The van der Waals surface area contributed by atoms with Crippen LogP contribution in [0.3, 0.4) is 0 Å². The molecule has 3 rings (SSSR count). The fourth-order valence-corrected chi connectivity index (χ4v) is 3.41. The summed E-state index contributed by atoms with van der Waals surface area (Å²) in [5.41, 5.74) is 2.66. The maximum absolute atomic E-state index is 12.2. The number of hydrogen-bond donors (Lipinski definition) is 2. The molecule has 0 aliphatic heterocycles. The fourth-order valence-electron chi connectivity index (χ4n) is 2.55. The van der Waals surface area contributed by atoms with E-state index in [9.17, 15) is 9.59 Å². The van der Waals surface area contributed by atoms with Crippen molar-refractivity contribution in [1.82, 2.24) is 15.5 Å². The van der Waals surface area contributed by atoms with Crippen molar-refractivity contribution in [3.63, 3.8) is 0 Å². The molecule has 0 atom stereocenters. The molecular formula is C21H22ClN5O3S.